The van der Waals surface area contributed by atoms with Gasteiger partial charge in [0.15, 0.2) is 23.5 Å². The van der Waals surface area contributed by atoms with Gasteiger partial charge in [0.2, 0.25) is 0 Å². The Morgan fingerprint density at radius 2 is 1.93 bits per heavy atom. The first-order chi connectivity index (χ1) is 20.1. The minimum Gasteiger partial charge on any atom is -0.393 e. The molecule has 0 bridgehead atoms. The molecule has 42 heavy (non-hydrogen) atoms. The number of aromatic nitrogens is 1. The van der Waals surface area contributed by atoms with E-state index in [0.29, 0.717) is 19.4 Å². The summed E-state index contributed by atoms with van der Waals surface area (Å²) in [6.45, 7) is 4.04. The van der Waals surface area contributed by atoms with Gasteiger partial charge in [0.05, 0.1) is 18.8 Å². The van der Waals surface area contributed by atoms with E-state index in [9.17, 15) is 24.9 Å². The molecule has 2 aromatic rings. The number of hydrogen-bond donors (Lipinski definition) is 3. The van der Waals surface area contributed by atoms with Crippen LogP contribution < -0.4 is 0 Å². The molecule has 1 aromatic heterocycles. The number of rotatable bonds is 6. The number of carbonyl (C=O) groups excluding carboxylic acids is 2. The summed E-state index contributed by atoms with van der Waals surface area (Å²) in [4.78, 5) is 25.9. The normalized spacial score (nSPS) is 40.2. The van der Waals surface area contributed by atoms with Gasteiger partial charge in [0.25, 0.3) is 0 Å². The quantitative estimate of drug-likeness (QED) is 0.483. The SMILES string of the molecule is C[C@]12C=CC(=O)C=C1CC[C@@H]1[C@@H]2[C@@H](O)C[C@@]2(C)[C@H]1C[C@H]1O[C@@H](c3ccn(Cc4ccccc4CO)c3)O[C@]12C(=O)CO. The third-order valence-corrected chi connectivity index (χ3v) is 11.5. The highest BCUT2D eigenvalue weighted by molar-refractivity contribution is 6.01. The summed E-state index contributed by atoms with van der Waals surface area (Å²) in [5.74, 6) is -0.306. The molecule has 3 N–H and O–H groups in total. The Kier molecular flexibility index (Phi) is 6.53. The van der Waals surface area contributed by atoms with Gasteiger partial charge in [-0.2, -0.15) is 0 Å². The predicted octanol–water partition coefficient (Wildman–Crippen LogP) is 3.63. The molecular weight excluding hydrogens is 534 g/mol. The summed E-state index contributed by atoms with van der Waals surface area (Å²) in [6.07, 6.45) is 9.72. The van der Waals surface area contributed by atoms with Crippen LogP contribution in [0.2, 0.25) is 0 Å². The number of nitrogens with zero attached hydrogens (tertiary/aromatic N) is 1. The molecule has 9 atom stereocenters. The first-order valence-electron chi connectivity index (χ1n) is 15.1. The standard InChI is InChI=1S/C34H39NO7/c1-32-11-9-24(38)13-23(32)7-8-25-26-14-29-34(28(40)19-37,33(26,2)15-27(39)30(25)32)42-31(41-29)21-10-12-35(17-21)16-20-5-3-4-6-22(20)18-36/h3-6,9-13,17,25-27,29-31,36-37,39H,7-8,14-16,18-19H2,1-2H3/t25-,26-,27-,29+,30+,31+,32-,33-,34+/m0/s1. The van der Waals surface area contributed by atoms with Gasteiger partial charge < -0.3 is 29.4 Å². The minimum atomic E-state index is -1.37. The van der Waals surface area contributed by atoms with Gasteiger partial charge in [-0.05, 0) is 66.9 Å². The Balaban J connectivity index is 1.19. The summed E-state index contributed by atoms with van der Waals surface area (Å²) >= 11 is 0. The molecule has 2 heterocycles. The maximum atomic E-state index is 13.7. The Morgan fingerprint density at radius 3 is 2.69 bits per heavy atom. The van der Waals surface area contributed by atoms with Gasteiger partial charge >= 0.3 is 0 Å². The van der Waals surface area contributed by atoms with Crippen molar-refractivity contribution in [2.75, 3.05) is 6.61 Å². The van der Waals surface area contributed by atoms with Crippen molar-refractivity contribution in [1.29, 1.82) is 0 Å². The van der Waals surface area contributed by atoms with Crippen molar-refractivity contribution < 1.29 is 34.4 Å². The lowest BCUT2D eigenvalue weighted by Gasteiger charge is -2.59. The summed E-state index contributed by atoms with van der Waals surface area (Å²) in [5, 5.41) is 31.7. The van der Waals surface area contributed by atoms with Crippen molar-refractivity contribution in [1.82, 2.24) is 4.57 Å². The number of ether oxygens (including phenoxy) is 2. The zero-order valence-corrected chi connectivity index (χ0v) is 24.1. The Hall–Kier alpha value is -2.88. The lowest BCUT2D eigenvalue weighted by molar-refractivity contribution is -0.201. The Bertz CT molecular complexity index is 1490. The number of aliphatic hydroxyl groups is 3. The van der Waals surface area contributed by atoms with Crippen LogP contribution in [0, 0.1) is 28.6 Å². The van der Waals surface area contributed by atoms with E-state index in [1.807, 2.05) is 60.3 Å². The van der Waals surface area contributed by atoms with Gasteiger partial charge in [-0.15, -0.1) is 0 Å². The fraction of sp³-hybridized carbons (Fsp3) is 0.529. The van der Waals surface area contributed by atoms with E-state index < -0.39 is 47.3 Å². The van der Waals surface area contributed by atoms with Gasteiger partial charge in [-0.25, -0.2) is 0 Å². The van der Waals surface area contributed by atoms with Crippen LogP contribution >= 0.6 is 0 Å². The number of allylic oxidation sites excluding steroid dienone is 4. The number of carbonyl (C=O) groups is 2. The largest absolute Gasteiger partial charge is 0.393 e. The van der Waals surface area contributed by atoms with Gasteiger partial charge in [-0.1, -0.05) is 49.8 Å². The first-order valence-corrected chi connectivity index (χ1v) is 15.1. The van der Waals surface area contributed by atoms with Crippen LogP contribution in [0.5, 0.6) is 0 Å². The van der Waals surface area contributed by atoms with Gasteiger partial charge in [0, 0.05) is 41.2 Å². The number of aliphatic hydroxyl groups excluding tert-OH is 3. The molecule has 0 spiro atoms. The zero-order chi connectivity index (χ0) is 29.4. The fourth-order valence-corrected chi connectivity index (χ4v) is 9.59. The number of Topliss-reactive ketones (excluding diaryl/α,β-unsaturated/α-hetero) is 1. The number of ketones is 2. The van der Waals surface area contributed by atoms with E-state index in [-0.39, 0.29) is 30.1 Å². The average molecular weight is 574 g/mol. The molecule has 222 valence electrons. The average Bonchev–Trinajstić information content (AvgIpc) is 3.66. The third kappa shape index (κ3) is 3.78. The number of benzene rings is 1. The van der Waals surface area contributed by atoms with Crippen LogP contribution in [0.15, 0.2) is 66.5 Å². The highest BCUT2D eigenvalue weighted by Gasteiger charge is 2.75. The highest BCUT2D eigenvalue weighted by Crippen LogP contribution is 2.70. The van der Waals surface area contributed by atoms with E-state index in [4.69, 9.17) is 9.47 Å². The summed E-state index contributed by atoms with van der Waals surface area (Å²) in [5.41, 5.74) is 1.22. The van der Waals surface area contributed by atoms with Gasteiger partial charge in [0.1, 0.15) is 6.61 Å². The van der Waals surface area contributed by atoms with Crippen LogP contribution in [0.1, 0.15) is 62.5 Å². The number of fused-ring (bicyclic) bond motifs is 7. The fourth-order valence-electron chi connectivity index (χ4n) is 9.59. The maximum Gasteiger partial charge on any atom is 0.193 e. The van der Waals surface area contributed by atoms with Crippen molar-refractivity contribution in [3.63, 3.8) is 0 Å². The number of hydrogen-bond acceptors (Lipinski definition) is 7. The Labute approximate surface area is 245 Å². The van der Waals surface area contributed by atoms with E-state index in [2.05, 4.69) is 6.92 Å². The van der Waals surface area contributed by atoms with Crippen LogP contribution in [0.3, 0.4) is 0 Å². The highest BCUT2D eigenvalue weighted by atomic mass is 16.7. The van der Waals surface area contributed by atoms with E-state index in [0.717, 1.165) is 35.1 Å². The molecule has 4 fully saturated rings. The molecule has 0 radical (unpaired) electrons. The molecular formula is C34H39NO7. The van der Waals surface area contributed by atoms with Crippen molar-refractivity contribution in [3.05, 3.63) is 83.2 Å². The molecule has 3 saturated carbocycles. The smallest absolute Gasteiger partial charge is 0.193 e. The van der Waals surface area contributed by atoms with Crippen LogP contribution in [0.25, 0.3) is 0 Å². The molecule has 1 aliphatic heterocycles. The second-order valence-electron chi connectivity index (χ2n) is 13.4. The summed E-state index contributed by atoms with van der Waals surface area (Å²) < 4.78 is 15.3. The first kappa shape index (κ1) is 27.9. The molecule has 5 aliphatic rings. The van der Waals surface area contributed by atoms with Crippen molar-refractivity contribution in [3.8, 4) is 0 Å². The molecule has 0 amide bonds. The molecule has 1 aromatic carbocycles. The molecule has 8 nitrogen and oxygen atoms in total. The van der Waals surface area contributed by atoms with E-state index >= 15 is 0 Å². The zero-order valence-electron chi connectivity index (χ0n) is 24.1. The van der Waals surface area contributed by atoms with Gasteiger partial charge in [-0.3, -0.25) is 9.59 Å². The predicted molar refractivity (Wildman–Crippen MR) is 153 cm³/mol. The van der Waals surface area contributed by atoms with Crippen molar-refractivity contribution in [2.24, 2.45) is 28.6 Å². The van der Waals surface area contributed by atoms with Crippen LogP contribution in [-0.4, -0.2) is 55.9 Å². The lowest BCUT2D eigenvalue weighted by atomic mass is 9.46. The van der Waals surface area contributed by atoms with Crippen LogP contribution in [0.4, 0.5) is 0 Å². The summed E-state index contributed by atoms with van der Waals surface area (Å²) in [7, 11) is 0. The molecule has 0 unspecified atom stereocenters. The third-order valence-electron chi connectivity index (χ3n) is 11.5. The summed E-state index contributed by atoms with van der Waals surface area (Å²) in [6, 6.07) is 9.66. The molecule has 8 heteroatoms. The second-order valence-corrected chi connectivity index (χ2v) is 13.4. The van der Waals surface area contributed by atoms with E-state index in [1.165, 1.54) is 0 Å². The van der Waals surface area contributed by atoms with Crippen molar-refractivity contribution >= 4 is 11.6 Å². The maximum absolute atomic E-state index is 13.7. The topological polar surface area (TPSA) is 118 Å². The lowest BCUT2D eigenvalue weighted by Crippen LogP contribution is -2.63. The molecule has 1 saturated heterocycles. The molecule has 4 aliphatic carbocycles. The Morgan fingerprint density at radius 1 is 1.14 bits per heavy atom. The van der Waals surface area contributed by atoms with E-state index in [1.54, 1.807) is 12.2 Å². The monoisotopic (exact) mass is 573 g/mol. The van der Waals surface area contributed by atoms with Crippen molar-refractivity contribution in [2.45, 2.75) is 76.8 Å². The second kappa shape index (κ2) is 9.82. The molecule has 7 rings (SSSR count). The minimum absolute atomic E-state index is 0.00163. The van der Waals surface area contributed by atoms with Crippen LogP contribution in [-0.2, 0) is 32.2 Å².